The summed E-state index contributed by atoms with van der Waals surface area (Å²) in [6.07, 6.45) is 1.78. The maximum Gasteiger partial charge on any atom is 0.253 e. The highest BCUT2D eigenvalue weighted by Crippen LogP contribution is 2.46. The van der Waals surface area contributed by atoms with E-state index in [0.717, 1.165) is 46.8 Å². The van der Waals surface area contributed by atoms with Crippen LogP contribution < -0.4 is 19.9 Å². The van der Waals surface area contributed by atoms with Crippen molar-refractivity contribution in [1.29, 1.82) is 0 Å². The molecule has 1 saturated heterocycles. The quantitative estimate of drug-likeness (QED) is 0.661. The van der Waals surface area contributed by atoms with E-state index in [1.807, 2.05) is 59.5 Å². The molecule has 3 aromatic rings. The molecule has 1 amide bonds. The lowest BCUT2D eigenvalue weighted by molar-refractivity contribution is 0.0646. The Kier molecular flexibility index (Phi) is 4.76. The highest BCUT2D eigenvalue weighted by molar-refractivity contribution is 5.95. The molecule has 3 aromatic carbocycles. The smallest absolute Gasteiger partial charge is 0.253 e. The second kappa shape index (κ2) is 7.81. The van der Waals surface area contributed by atoms with E-state index in [0.29, 0.717) is 31.8 Å². The van der Waals surface area contributed by atoms with E-state index in [4.69, 9.17) is 19.9 Å². The lowest BCUT2D eigenvalue weighted by Gasteiger charge is -2.38. The first-order valence-corrected chi connectivity index (χ1v) is 11.4. The molecule has 6 nitrogen and oxygen atoms in total. The summed E-state index contributed by atoms with van der Waals surface area (Å²) in [6, 6.07) is 19.9. The monoisotopic (exact) mass is 442 g/mol. The number of likely N-dealkylation sites (tertiary alicyclic amines) is 1. The second-order valence-corrected chi connectivity index (χ2v) is 9.04. The van der Waals surface area contributed by atoms with Crippen LogP contribution >= 0.6 is 0 Å². The van der Waals surface area contributed by atoms with Crippen molar-refractivity contribution in [1.82, 2.24) is 4.90 Å². The van der Waals surface area contributed by atoms with Gasteiger partial charge in [0.25, 0.3) is 5.91 Å². The molecule has 1 spiro atoms. The number of piperidine rings is 1. The zero-order valence-corrected chi connectivity index (χ0v) is 18.4. The standard InChI is InChI=1S/C27H26N2O4/c28-15-18-4-6-23-22(12-18)27(16-31-23)8-10-29(11-9-27)26(30)21-3-1-2-19(13-21)20-5-7-24-25(14-20)33-17-32-24/h1-7,12-14H,8-11,15-17,28H2. The van der Waals surface area contributed by atoms with Crippen LogP contribution in [0.4, 0.5) is 0 Å². The molecule has 0 aliphatic carbocycles. The van der Waals surface area contributed by atoms with Gasteiger partial charge in [-0.15, -0.1) is 0 Å². The van der Waals surface area contributed by atoms with Gasteiger partial charge in [0.2, 0.25) is 6.79 Å². The summed E-state index contributed by atoms with van der Waals surface area (Å²) in [5, 5.41) is 0. The van der Waals surface area contributed by atoms with Crippen LogP contribution in [0.1, 0.15) is 34.3 Å². The lowest BCUT2D eigenvalue weighted by atomic mass is 9.74. The number of nitrogens with two attached hydrogens (primary N) is 1. The number of carbonyl (C=O) groups excluding carboxylic acids is 1. The van der Waals surface area contributed by atoms with Gasteiger partial charge in [0.1, 0.15) is 5.75 Å². The molecule has 0 bridgehead atoms. The number of hydrogen-bond donors (Lipinski definition) is 1. The van der Waals surface area contributed by atoms with E-state index in [1.54, 1.807) is 0 Å². The van der Waals surface area contributed by atoms with Gasteiger partial charge in [-0.05, 0) is 59.9 Å². The molecule has 6 rings (SSSR count). The molecule has 33 heavy (non-hydrogen) atoms. The molecular weight excluding hydrogens is 416 g/mol. The van der Waals surface area contributed by atoms with Gasteiger partial charge in [0.05, 0.1) is 6.61 Å². The predicted molar refractivity (Wildman–Crippen MR) is 125 cm³/mol. The van der Waals surface area contributed by atoms with Gasteiger partial charge < -0.3 is 24.8 Å². The Bertz CT molecular complexity index is 1230. The molecule has 1 fully saturated rings. The number of nitrogens with zero attached hydrogens (tertiary/aromatic N) is 1. The number of ether oxygens (including phenoxy) is 3. The summed E-state index contributed by atoms with van der Waals surface area (Å²) in [5.41, 5.74) is 10.9. The van der Waals surface area contributed by atoms with Crippen molar-refractivity contribution in [3.63, 3.8) is 0 Å². The largest absolute Gasteiger partial charge is 0.492 e. The minimum absolute atomic E-state index is 0.0222. The number of rotatable bonds is 3. The van der Waals surface area contributed by atoms with Crippen LogP contribution in [0.3, 0.4) is 0 Å². The van der Waals surface area contributed by atoms with Crippen LogP contribution in [0.15, 0.2) is 60.7 Å². The van der Waals surface area contributed by atoms with Gasteiger partial charge in [0.15, 0.2) is 11.5 Å². The highest BCUT2D eigenvalue weighted by Gasteiger charge is 2.44. The lowest BCUT2D eigenvalue weighted by Crippen LogP contribution is -2.46. The molecule has 0 saturated carbocycles. The Hall–Kier alpha value is -3.51. The van der Waals surface area contributed by atoms with Gasteiger partial charge in [-0.2, -0.15) is 0 Å². The Balaban J connectivity index is 1.20. The molecule has 0 atom stereocenters. The minimum atomic E-state index is -0.0222. The van der Waals surface area contributed by atoms with Crippen LogP contribution in [0.2, 0.25) is 0 Å². The summed E-state index contributed by atoms with van der Waals surface area (Å²) in [6.45, 7) is 2.87. The van der Waals surface area contributed by atoms with Gasteiger partial charge in [-0.25, -0.2) is 0 Å². The zero-order valence-electron chi connectivity index (χ0n) is 18.4. The van der Waals surface area contributed by atoms with Crippen molar-refractivity contribution < 1.29 is 19.0 Å². The summed E-state index contributed by atoms with van der Waals surface area (Å²) in [5.74, 6) is 2.53. The van der Waals surface area contributed by atoms with Crippen LogP contribution in [0, 0.1) is 0 Å². The van der Waals surface area contributed by atoms with E-state index < -0.39 is 0 Å². The van der Waals surface area contributed by atoms with E-state index >= 15 is 0 Å². The van der Waals surface area contributed by atoms with Crippen molar-refractivity contribution in [2.75, 3.05) is 26.5 Å². The summed E-state index contributed by atoms with van der Waals surface area (Å²) in [7, 11) is 0. The number of benzene rings is 3. The fourth-order valence-corrected chi connectivity index (χ4v) is 5.18. The van der Waals surface area contributed by atoms with E-state index in [2.05, 4.69) is 6.07 Å². The predicted octanol–water partition coefficient (Wildman–Crippen LogP) is 4.11. The maximum absolute atomic E-state index is 13.4. The summed E-state index contributed by atoms with van der Waals surface area (Å²) in [4.78, 5) is 15.3. The van der Waals surface area contributed by atoms with Gasteiger partial charge in [0, 0.05) is 36.2 Å². The van der Waals surface area contributed by atoms with Crippen LogP contribution in [-0.4, -0.2) is 37.3 Å². The first-order valence-electron chi connectivity index (χ1n) is 11.4. The van der Waals surface area contributed by atoms with Crippen LogP contribution in [0.5, 0.6) is 17.2 Å². The Morgan fingerprint density at radius 2 is 1.67 bits per heavy atom. The van der Waals surface area contributed by atoms with E-state index in [1.165, 1.54) is 5.56 Å². The van der Waals surface area contributed by atoms with E-state index in [-0.39, 0.29) is 18.1 Å². The van der Waals surface area contributed by atoms with Gasteiger partial charge in [-0.1, -0.05) is 30.3 Å². The normalized spacial score (nSPS) is 17.7. The fraction of sp³-hybridized carbons (Fsp3) is 0.296. The molecule has 168 valence electrons. The third kappa shape index (κ3) is 3.42. The molecule has 3 heterocycles. The molecule has 0 radical (unpaired) electrons. The van der Waals surface area contributed by atoms with E-state index in [9.17, 15) is 4.79 Å². The molecule has 2 N–H and O–H groups in total. The molecular formula is C27H26N2O4. The molecule has 6 heteroatoms. The molecule has 0 unspecified atom stereocenters. The average molecular weight is 443 g/mol. The number of hydrogen-bond acceptors (Lipinski definition) is 5. The first-order chi connectivity index (χ1) is 16.1. The third-order valence-electron chi connectivity index (χ3n) is 7.18. The molecule has 3 aliphatic rings. The highest BCUT2D eigenvalue weighted by atomic mass is 16.7. The van der Waals surface area contributed by atoms with Gasteiger partial charge in [-0.3, -0.25) is 4.79 Å². The fourth-order valence-electron chi connectivity index (χ4n) is 5.18. The Labute approximate surface area is 192 Å². The van der Waals surface area contributed by atoms with Gasteiger partial charge >= 0.3 is 0 Å². The Morgan fingerprint density at radius 3 is 2.52 bits per heavy atom. The topological polar surface area (TPSA) is 74.0 Å². The number of amides is 1. The average Bonchev–Trinajstić information content (AvgIpc) is 3.48. The Morgan fingerprint density at radius 1 is 0.879 bits per heavy atom. The van der Waals surface area contributed by atoms with Crippen LogP contribution in [-0.2, 0) is 12.0 Å². The van der Waals surface area contributed by atoms with Crippen molar-refractivity contribution >= 4 is 5.91 Å². The maximum atomic E-state index is 13.4. The number of fused-ring (bicyclic) bond motifs is 3. The second-order valence-electron chi connectivity index (χ2n) is 9.04. The van der Waals surface area contributed by atoms with Crippen molar-refractivity contribution in [2.45, 2.75) is 24.8 Å². The van der Waals surface area contributed by atoms with Crippen molar-refractivity contribution in [2.24, 2.45) is 5.73 Å². The number of carbonyl (C=O) groups is 1. The summed E-state index contributed by atoms with van der Waals surface area (Å²) < 4.78 is 16.9. The van der Waals surface area contributed by atoms with Crippen molar-refractivity contribution in [3.05, 3.63) is 77.4 Å². The molecule has 3 aliphatic heterocycles. The molecule has 0 aromatic heterocycles. The van der Waals surface area contributed by atoms with Crippen molar-refractivity contribution in [3.8, 4) is 28.4 Å². The first kappa shape index (κ1) is 20.1. The third-order valence-corrected chi connectivity index (χ3v) is 7.18. The summed E-state index contributed by atoms with van der Waals surface area (Å²) >= 11 is 0. The minimum Gasteiger partial charge on any atom is -0.492 e. The zero-order chi connectivity index (χ0) is 22.4. The SMILES string of the molecule is NCc1ccc2c(c1)C1(CCN(C(=O)c3cccc(-c4ccc5c(c4)OCO5)c3)CC1)CO2. The van der Waals surface area contributed by atoms with Crippen LogP contribution in [0.25, 0.3) is 11.1 Å².